The summed E-state index contributed by atoms with van der Waals surface area (Å²) in [4.78, 5) is 24.0. The summed E-state index contributed by atoms with van der Waals surface area (Å²) in [6, 6.07) is 13.7. The van der Waals surface area contributed by atoms with Crippen LogP contribution in [0.5, 0.6) is 0 Å². The number of hydrogen-bond acceptors (Lipinski definition) is 5. The van der Waals surface area contributed by atoms with Gasteiger partial charge in [-0.15, -0.1) is 0 Å². The molecule has 0 saturated heterocycles. The number of anilines is 1. The van der Waals surface area contributed by atoms with Crippen molar-refractivity contribution < 1.29 is 9.21 Å². The van der Waals surface area contributed by atoms with E-state index in [-0.39, 0.29) is 12.5 Å². The van der Waals surface area contributed by atoms with Crippen LogP contribution in [0.2, 0.25) is 0 Å². The summed E-state index contributed by atoms with van der Waals surface area (Å²) >= 11 is 0. The number of carbonyl (C=O) groups is 1. The molecule has 0 spiro atoms. The zero-order valence-corrected chi connectivity index (χ0v) is 17.2. The first-order chi connectivity index (χ1) is 14.7. The average Bonchev–Trinajstić information content (AvgIpc) is 3.42. The van der Waals surface area contributed by atoms with Gasteiger partial charge in [0, 0.05) is 24.8 Å². The molecule has 0 unspecified atom stereocenters. The quantitative estimate of drug-likeness (QED) is 0.484. The van der Waals surface area contributed by atoms with E-state index in [0.29, 0.717) is 6.54 Å². The molecule has 0 aliphatic heterocycles. The van der Waals surface area contributed by atoms with Crippen molar-refractivity contribution in [3.05, 3.63) is 67.0 Å². The number of rotatable bonds is 8. The molecule has 0 atom stereocenters. The minimum absolute atomic E-state index is 0.0998. The van der Waals surface area contributed by atoms with Crippen molar-refractivity contribution in [2.45, 2.75) is 26.9 Å². The Kier molecular flexibility index (Phi) is 5.79. The molecule has 3 aromatic heterocycles. The van der Waals surface area contributed by atoms with Crippen molar-refractivity contribution in [3.63, 3.8) is 0 Å². The largest absolute Gasteiger partial charge is 0.467 e. The predicted molar refractivity (Wildman–Crippen MR) is 117 cm³/mol. The molecule has 7 nitrogen and oxygen atoms in total. The van der Waals surface area contributed by atoms with Crippen LogP contribution in [0.1, 0.15) is 19.6 Å². The third-order valence-electron chi connectivity index (χ3n) is 5.13. The van der Waals surface area contributed by atoms with Crippen molar-refractivity contribution in [1.82, 2.24) is 19.9 Å². The van der Waals surface area contributed by atoms with Crippen LogP contribution in [0, 0.1) is 0 Å². The molecule has 0 aliphatic carbocycles. The van der Waals surface area contributed by atoms with Crippen molar-refractivity contribution >= 4 is 22.8 Å². The van der Waals surface area contributed by atoms with Gasteiger partial charge < -0.3 is 19.2 Å². The number of nitrogens with one attached hydrogen (secondary N) is 1. The van der Waals surface area contributed by atoms with E-state index in [2.05, 4.69) is 46.2 Å². The highest BCUT2D eigenvalue weighted by atomic mass is 16.3. The first-order valence-electron chi connectivity index (χ1n) is 10.1. The second kappa shape index (κ2) is 8.82. The zero-order chi connectivity index (χ0) is 20.9. The van der Waals surface area contributed by atoms with E-state index >= 15 is 0 Å². The third kappa shape index (κ3) is 3.91. The van der Waals surface area contributed by atoms with E-state index in [4.69, 9.17) is 4.42 Å². The van der Waals surface area contributed by atoms with Crippen LogP contribution in [0.25, 0.3) is 22.2 Å². The fourth-order valence-electron chi connectivity index (χ4n) is 3.63. The third-order valence-corrected chi connectivity index (χ3v) is 5.13. The first kappa shape index (κ1) is 19.7. The fraction of sp³-hybridized carbons (Fsp3) is 0.261. The van der Waals surface area contributed by atoms with Gasteiger partial charge in [-0.25, -0.2) is 9.97 Å². The molecule has 154 valence electrons. The first-order valence-corrected chi connectivity index (χ1v) is 10.1. The number of carbonyl (C=O) groups excluding carboxylic acids is 1. The van der Waals surface area contributed by atoms with Gasteiger partial charge in [0.1, 0.15) is 29.7 Å². The highest BCUT2D eigenvalue weighted by Crippen LogP contribution is 2.33. The Balaban J connectivity index is 1.74. The lowest BCUT2D eigenvalue weighted by Gasteiger charge is -2.21. The number of furan rings is 1. The normalized spacial score (nSPS) is 11.0. The number of fused-ring (bicyclic) bond motifs is 1. The van der Waals surface area contributed by atoms with Gasteiger partial charge in [0.25, 0.3) is 0 Å². The number of benzene rings is 1. The maximum Gasteiger partial charge on any atom is 0.240 e. The van der Waals surface area contributed by atoms with Crippen LogP contribution in [0.3, 0.4) is 0 Å². The number of amides is 1. The number of nitrogens with zero attached hydrogens (tertiary/aromatic N) is 4. The molecule has 4 rings (SSSR count). The summed E-state index contributed by atoms with van der Waals surface area (Å²) < 4.78 is 7.24. The van der Waals surface area contributed by atoms with Gasteiger partial charge in [-0.05, 0) is 31.5 Å². The number of hydrogen-bond donors (Lipinski definition) is 1. The van der Waals surface area contributed by atoms with Gasteiger partial charge in [-0.3, -0.25) is 4.79 Å². The van der Waals surface area contributed by atoms with Crippen LogP contribution in [0.4, 0.5) is 5.82 Å². The van der Waals surface area contributed by atoms with E-state index in [0.717, 1.165) is 46.8 Å². The molecule has 0 aliphatic rings. The van der Waals surface area contributed by atoms with Gasteiger partial charge in [0.15, 0.2) is 5.82 Å². The second-order valence-electron chi connectivity index (χ2n) is 6.96. The van der Waals surface area contributed by atoms with E-state index in [1.165, 1.54) is 0 Å². The van der Waals surface area contributed by atoms with Gasteiger partial charge in [0.05, 0.1) is 12.8 Å². The Morgan fingerprint density at radius 1 is 1.10 bits per heavy atom. The minimum atomic E-state index is -0.0998. The van der Waals surface area contributed by atoms with E-state index in [1.807, 2.05) is 35.0 Å². The van der Waals surface area contributed by atoms with Gasteiger partial charge in [-0.2, -0.15) is 0 Å². The molecule has 4 aromatic rings. The van der Waals surface area contributed by atoms with Gasteiger partial charge in [0.2, 0.25) is 5.91 Å². The molecule has 30 heavy (non-hydrogen) atoms. The fourth-order valence-corrected chi connectivity index (χ4v) is 3.63. The van der Waals surface area contributed by atoms with Crippen LogP contribution >= 0.6 is 0 Å². The molecular formula is C23H25N5O2. The van der Waals surface area contributed by atoms with Crippen molar-refractivity contribution in [3.8, 4) is 11.1 Å². The monoisotopic (exact) mass is 403 g/mol. The van der Waals surface area contributed by atoms with Crippen LogP contribution in [-0.4, -0.2) is 33.5 Å². The number of aromatic nitrogens is 3. The molecule has 1 N–H and O–H groups in total. The molecule has 1 amide bonds. The standard InChI is InChI=1S/C23H25N5O2/c1-3-27(4-2)23-22-21(25-16-26-23)19(17-9-6-5-7-10-17)14-28(22)15-20(29)24-13-18-11-8-12-30-18/h5-12,14,16H,3-4,13,15H2,1-2H3,(H,24,29). The summed E-state index contributed by atoms with van der Waals surface area (Å²) in [5.74, 6) is 1.46. The molecule has 0 bridgehead atoms. The molecule has 0 saturated carbocycles. The Hall–Kier alpha value is -3.61. The molecular weight excluding hydrogens is 378 g/mol. The van der Waals surface area contributed by atoms with Gasteiger partial charge >= 0.3 is 0 Å². The second-order valence-corrected chi connectivity index (χ2v) is 6.96. The summed E-state index contributed by atoms with van der Waals surface area (Å²) in [7, 11) is 0. The summed E-state index contributed by atoms with van der Waals surface area (Å²) in [5.41, 5.74) is 3.76. The molecule has 3 heterocycles. The van der Waals surface area contributed by atoms with E-state index < -0.39 is 0 Å². The summed E-state index contributed by atoms with van der Waals surface area (Å²) in [6.07, 6.45) is 5.19. The van der Waals surface area contributed by atoms with E-state index in [1.54, 1.807) is 18.7 Å². The van der Waals surface area contributed by atoms with Crippen molar-refractivity contribution in [2.24, 2.45) is 0 Å². The lowest BCUT2D eigenvalue weighted by Crippen LogP contribution is -2.28. The Bertz CT molecular complexity index is 1120. The highest BCUT2D eigenvalue weighted by molar-refractivity contribution is 5.99. The predicted octanol–water partition coefficient (Wildman–Crippen LogP) is 3.85. The topological polar surface area (TPSA) is 76.2 Å². The van der Waals surface area contributed by atoms with Crippen LogP contribution in [0.15, 0.2) is 65.7 Å². The maximum absolute atomic E-state index is 12.7. The van der Waals surface area contributed by atoms with Crippen molar-refractivity contribution in [1.29, 1.82) is 0 Å². The summed E-state index contributed by atoms with van der Waals surface area (Å²) in [6.45, 7) is 6.36. The Morgan fingerprint density at radius 3 is 2.60 bits per heavy atom. The van der Waals surface area contributed by atoms with Crippen LogP contribution < -0.4 is 10.2 Å². The molecule has 1 aromatic carbocycles. The summed E-state index contributed by atoms with van der Waals surface area (Å²) in [5, 5.41) is 2.92. The van der Waals surface area contributed by atoms with Gasteiger partial charge in [-0.1, -0.05) is 30.3 Å². The Morgan fingerprint density at radius 2 is 1.90 bits per heavy atom. The SMILES string of the molecule is CCN(CC)c1ncnc2c(-c3ccccc3)cn(CC(=O)NCc3ccco3)c12. The average molecular weight is 403 g/mol. The smallest absolute Gasteiger partial charge is 0.240 e. The maximum atomic E-state index is 12.7. The molecule has 0 radical (unpaired) electrons. The highest BCUT2D eigenvalue weighted by Gasteiger charge is 2.20. The molecule has 0 fully saturated rings. The molecule has 7 heteroatoms. The minimum Gasteiger partial charge on any atom is -0.467 e. The lowest BCUT2D eigenvalue weighted by atomic mass is 10.1. The van der Waals surface area contributed by atoms with Crippen molar-refractivity contribution in [2.75, 3.05) is 18.0 Å². The Labute approximate surface area is 175 Å². The zero-order valence-electron chi connectivity index (χ0n) is 17.2. The van der Waals surface area contributed by atoms with E-state index in [9.17, 15) is 4.79 Å². The van der Waals surface area contributed by atoms with Crippen LogP contribution in [-0.2, 0) is 17.9 Å². The lowest BCUT2D eigenvalue weighted by molar-refractivity contribution is -0.121.